The minimum Gasteiger partial charge on any atom is -0.547 e. The molecule has 0 aliphatic carbocycles. The van der Waals surface area contributed by atoms with Crippen molar-refractivity contribution in [1.82, 2.24) is 0 Å². The topological polar surface area (TPSA) is 26.3 Å². The Bertz CT molecular complexity index is 309. The summed E-state index contributed by atoms with van der Waals surface area (Å²) in [6.07, 6.45) is 1.69. The first-order valence-electron chi connectivity index (χ1n) is 6.19. The van der Waals surface area contributed by atoms with Crippen LogP contribution in [-0.2, 0) is 9.22 Å². The molecule has 0 saturated carbocycles. The minimum absolute atomic E-state index is 0.124. The molecule has 0 aliphatic rings. The van der Waals surface area contributed by atoms with Crippen LogP contribution in [0.4, 0.5) is 0 Å². The Balaban J connectivity index is 5.23. The Hall–Kier alpha value is -0.573. The van der Waals surface area contributed by atoms with Crippen molar-refractivity contribution in [3.05, 3.63) is 11.8 Å². The van der Waals surface area contributed by atoms with Gasteiger partial charge in [-0.3, -0.25) is 4.79 Å². The lowest BCUT2D eigenvalue weighted by Crippen LogP contribution is -2.30. The molecular formula is C14H28O2Si. The van der Waals surface area contributed by atoms with Crippen LogP contribution in [0.25, 0.3) is 0 Å². The van der Waals surface area contributed by atoms with Crippen molar-refractivity contribution in [1.29, 1.82) is 0 Å². The third-order valence-electron chi connectivity index (χ3n) is 2.16. The van der Waals surface area contributed by atoms with Gasteiger partial charge in [-0.05, 0) is 19.6 Å². The van der Waals surface area contributed by atoms with Gasteiger partial charge in [0.1, 0.15) is 0 Å². The molecule has 3 heteroatoms. The van der Waals surface area contributed by atoms with Crippen LogP contribution in [0.15, 0.2) is 11.8 Å². The van der Waals surface area contributed by atoms with Gasteiger partial charge in [-0.15, -0.1) is 0 Å². The van der Waals surface area contributed by atoms with Gasteiger partial charge in [-0.2, -0.15) is 0 Å². The van der Waals surface area contributed by atoms with Gasteiger partial charge in [0.05, 0.1) is 5.76 Å². The first-order valence-corrected chi connectivity index (χ1v) is 9.60. The molecule has 0 unspecified atom stereocenters. The van der Waals surface area contributed by atoms with Crippen LogP contribution < -0.4 is 0 Å². The quantitative estimate of drug-likeness (QED) is 0.425. The van der Waals surface area contributed by atoms with Crippen molar-refractivity contribution in [2.75, 3.05) is 0 Å². The van der Waals surface area contributed by atoms with Gasteiger partial charge in [0.25, 0.3) is 0 Å². The van der Waals surface area contributed by atoms with E-state index < -0.39 is 8.32 Å². The number of hydrogen-bond donors (Lipinski definition) is 0. The van der Waals surface area contributed by atoms with Crippen LogP contribution in [-0.4, -0.2) is 14.1 Å². The average molecular weight is 256 g/mol. The maximum absolute atomic E-state index is 12.1. The number of carbonyl (C=O) groups excluding carboxylic acids is 1. The molecule has 0 spiro atoms. The third kappa shape index (κ3) is 6.67. The Morgan fingerprint density at radius 1 is 0.941 bits per heavy atom. The Morgan fingerprint density at radius 3 is 1.59 bits per heavy atom. The normalized spacial score (nSPS) is 14.8. The van der Waals surface area contributed by atoms with Crippen molar-refractivity contribution in [3.63, 3.8) is 0 Å². The molecule has 0 heterocycles. The predicted molar refractivity (Wildman–Crippen MR) is 76.4 cm³/mol. The summed E-state index contributed by atoms with van der Waals surface area (Å²) in [5.74, 6) is 0.942. The Labute approximate surface area is 108 Å². The summed E-state index contributed by atoms with van der Waals surface area (Å²) in [5, 5.41) is 0. The van der Waals surface area contributed by atoms with E-state index in [4.69, 9.17) is 4.43 Å². The second-order valence-electron chi connectivity index (χ2n) is 7.59. The van der Waals surface area contributed by atoms with Crippen LogP contribution in [0.3, 0.4) is 0 Å². The van der Waals surface area contributed by atoms with E-state index in [1.165, 1.54) is 0 Å². The summed E-state index contributed by atoms with van der Waals surface area (Å²) in [4.78, 5) is 12.1. The molecule has 0 saturated heterocycles. The maximum atomic E-state index is 12.1. The molecule has 0 aromatic heterocycles. The molecule has 2 nitrogen and oxygen atoms in total. The van der Waals surface area contributed by atoms with Gasteiger partial charge in [0.2, 0.25) is 8.32 Å². The monoisotopic (exact) mass is 256 g/mol. The first kappa shape index (κ1) is 16.4. The molecule has 0 amide bonds. The van der Waals surface area contributed by atoms with Gasteiger partial charge in [0.15, 0.2) is 5.78 Å². The lowest BCUT2D eigenvalue weighted by Gasteiger charge is -2.31. The molecule has 0 aromatic rings. The van der Waals surface area contributed by atoms with Crippen molar-refractivity contribution in [2.24, 2.45) is 10.8 Å². The number of carbonyl (C=O) groups is 1. The van der Waals surface area contributed by atoms with E-state index in [-0.39, 0.29) is 16.6 Å². The van der Waals surface area contributed by atoms with E-state index in [0.29, 0.717) is 0 Å². The van der Waals surface area contributed by atoms with E-state index in [0.717, 1.165) is 5.76 Å². The van der Waals surface area contributed by atoms with Crippen LogP contribution in [0.2, 0.25) is 19.6 Å². The summed E-state index contributed by atoms with van der Waals surface area (Å²) in [5.41, 5.74) is -0.472. The van der Waals surface area contributed by atoms with Crippen LogP contribution in [0.1, 0.15) is 41.5 Å². The van der Waals surface area contributed by atoms with Gasteiger partial charge < -0.3 is 4.43 Å². The molecule has 0 fully saturated rings. The molecule has 0 rings (SSSR count). The van der Waals surface area contributed by atoms with E-state index in [1.807, 2.05) is 20.8 Å². The van der Waals surface area contributed by atoms with Crippen LogP contribution >= 0.6 is 0 Å². The highest BCUT2D eigenvalue weighted by Crippen LogP contribution is 2.30. The predicted octanol–water partition coefficient (Wildman–Crippen LogP) is 4.38. The minimum atomic E-state index is -1.68. The summed E-state index contributed by atoms with van der Waals surface area (Å²) in [6, 6.07) is 0. The summed E-state index contributed by atoms with van der Waals surface area (Å²) in [7, 11) is -1.68. The number of ketones is 1. The molecule has 0 atom stereocenters. The van der Waals surface area contributed by atoms with E-state index in [9.17, 15) is 4.79 Å². The van der Waals surface area contributed by atoms with Gasteiger partial charge in [-0.25, -0.2) is 0 Å². The summed E-state index contributed by atoms with van der Waals surface area (Å²) in [6.45, 7) is 18.4. The summed E-state index contributed by atoms with van der Waals surface area (Å²) >= 11 is 0. The molecule has 0 aliphatic heterocycles. The van der Waals surface area contributed by atoms with Crippen molar-refractivity contribution >= 4 is 14.1 Å². The lowest BCUT2D eigenvalue weighted by atomic mass is 9.87. The number of rotatable bonds is 3. The van der Waals surface area contributed by atoms with Crippen molar-refractivity contribution in [3.8, 4) is 0 Å². The third-order valence-corrected chi connectivity index (χ3v) is 2.99. The first-order chi connectivity index (χ1) is 7.23. The Morgan fingerprint density at radius 2 is 1.35 bits per heavy atom. The SMILES string of the molecule is CC(C)(C)C(=O)C=C(O[Si](C)(C)C)C(C)(C)C. The molecule has 0 radical (unpaired) electrons. The smallest absolute Gasteiger partial charge is 0.241 e. The lowest BCUT2D eigenvalue weighted by molar-refractivity contribution is -0.121. The number of hydrogen-bond acceptors (Lipinski definition) is 2. The molecule has 0 N–H and O–H groups in total. The fourth-order valence-electron chi connectivity index (χ4n) is 1.06. The highest BCUT2D eigenvalue weighted by atomic mass is 28.4. The second kappa shape index (κ2) is 4.97. The zero-order chi connectivity index (χ0) is 14.1. The molecule has 100 valence electrons. The number of allylic oxidation sites excluding steroid dienone is 2. The van der Waals surface area contributed by atoms with E-state index >= 15 is 0 Å². The zero-order valence-corrected chi connectivity index (χ0v) is 13.9. The zero-order valence-electron chi connectivity index (χ0n) is 12.9. The highest BCUT2D eigenvalue weighted by Gasteiger charge is 2.28. The largest absolute Gasteiger partial charge is 0.547 e. The summed E-state index contributed by atoms with van der Waals surface area (Å²) < 4.78 is 6.05. The fourth-order valence-corrected chi connectivity index (χ4v) is 2.09. The van der Waals surface area contributed by atoms with Gasteiger partial charge in [-0.1, -0.05) is 41.5 Å². The van der Waals surface area contributed by atoms with Crippen LogP contribution in [0.5, 0.6) is 0 Å². The standard InChI is InChI=1S/C14H28O2Si/c1-13(2,3)11(15)10-12(14(4,5)6)16-17(7,8)9/h10H,1-9H3. The molecule has 0 aromatic carbocycles. The van der Waals surface area contributed by atoms with E-state index in [2.05, 4.69) is 40.4 Å². The van der Waals surface area contributed by atoms with Crippen molar-refractivity contribution in [2.45, 2.75) is 61.2 Å². The molecular weight excluding hydrogens is 228 g/mol. The molecule has 17 heavy (non-hydrogen) atoms. The fraction of sp³-hybridized carbons (Fsp3) is 0.786. The maximum Gasteiger partial charge on any atom is 0.241 e. The Kier molecular flexibility index (Phi) is 4.80. The second-order valence-corrected chi connectivity index (χ2v) is 12.0. The van der Waals surface area contributed by atoms with Gasteiger partial charge >= 0.3 is 0 Å². The van der Waals surface area contributed by atoms with Crippen molar-refractivity contribution < 1.29 is 9.22 Å². The van der Waals surface area contributed by atoms with Gasteiger partial charge in [0, 0.05) is 16.9 Å². The van der Waals surface area contributed by atoms with Crippen LogP contribution in [0, 0.1) is 10.8 Å². The van der Waals surface area contributed by atoms with E-state index in [1.54, 1.807) is 6.08 Å². The average Bonchev–Trinajstić information content (AvgIpc) is 1.96. The molecule has 0 bridgehead atoms. The highest BCUT2D eigenvalue weighted by molar-refractivity contribution is 6.70.